The van der Waals surface area contributed by atoms with Crippen LogP contribution in [0.15, 0.2) is 77.0 Å². The zero-order valence-electron chi connectivity index (χ0n) is 18.3. The lowest BCUT2D eigenvalue weighted by molar-refractivity contribution is -0.128. The van der Waals surface area contributed by atoms with Crippen molar-refractivity contribution in [2.45, 2.75) is 39.3 Å². The van der Waals surface area contributed by atoms with E-state index in [9.17, 15) is 4.79 Å². The molecule has 1 amide bonds. The highest BCUT2D eigenvalue weighted by Crippen LogP contribution is 2.36. The molecule has 3 aromatic rings. The van der Waals surface area contributed by atoms with Crippen LogP contribution in [0.25, 0.3) is 10.9 Å². The molecule has 0 saturated carbocycles. The van der Waals surface area contributed by atoms with Crippen molar-refractivity contribution in [1.29, 1.82) is 0 Å². The molecule has 166 valence electrons. The van der Waals surface area contributed by atoms with Crippen LogP contribution in [0.5, 0.6) is 0 Å². The zero-order valence-corrected chi connectivity index (χ0v) is 18.3. The van der Waals surface area contributed by atoms with E-state index in [2.05, 4.69) is 70.1 Å². The molecule has 2 N–H and O–H groups in total. The van der Waals surface area contributed by atoms with Gasteiger partial charge in [0.1, 0.15) is 0 Å². The fourth-order valence-electron chi connectivity index (χ4n) is 4.21. The molecule has 4 rings (SSSR count). The second-order valence-electron chi connectivity index (χ2n) is 8.30. The molecule has 0 spiro atoms. The largest absolute Gasteiger partial charge is 0.342 e. The van der Waals surface area contributed by atoms with Crippen molar-refractivity contribution in [3.63, 3.8) is 0 Å². The standard InChI is InChI=1S/C24H28N6O2/c1-17(2)24(30-16-20(26-28-30)9-10-23(31)27-32)22-14-19-7-3-4-8-21(19)29(22)13-11-18-6-5-12-25-15-18/h3-9,12,14-15,17,24,32H,10-11,13,16H2,1-2H3,(H,27,31)/b20-9-. The van der Waals surface area contributed by atoms with Gasteiger partial charge in [-0.2, -0.15) is 0 Å². The van der Waals surface area contributed by atoms with Gasteiger partial charge in [-0.05, 0) is 47.6 Å². The van der Waals surface area contributed by atoms with Crippen LogP contribution in [-0.4, -0.2) is 32.2 Å². The molecular formula is C24H28N6O2. The Morgan fingerprint density at radius 3 is 2.84 bits per heavy atom. The van der Waals surface area contributed by atoms with E-state index in [0.29, 0.717) is 6.54 Å². The highest BCUT2D eigenvalue weighted by Gasteiger charge is 2.30. The van der Waals surface area contributed by atoms with Crippen molar-refractivity contribution in [3.05, 3.63) is 77.9 Å². The maximum absolute atomic E-state index is 11.3. The second-order valence-corrected chi connectivity index (χ2v) is 8.30. The predicted molar refractivity (Wildman–Crippen MR) is 122 cm³/mol. The maximum Gasteiger partial charge on any atom is 0.247 e. The van der Waals surface area contributed by atoms with Crippen molar-refractivity contribution in [2.24, 2.45) is 16.3 Å². The third-order valence-electron chi connectivity index (χ3n) is 5.70. The van der Waals surface area contributed by atoms with Crippen molar-refractivity contribution in [1.82, 2.24) is 20.0 Å². The fraction of sp³-hybridized carbons (Fsp3) is 0.333. The summed E-state index contributed by atoms with van der Waals surface area (Å²) < 4.78 is 2.38. The first-order chi connectivity index (χ1) is 15.6. The quantitative estimate of drug-likeness (QED) is 0.406. The van der Waals surface area contributed by atoms with Gasteiger partial charge in [-0.25, -0.2) is 5.48 Å². The predicted octanol–water partition coefficient (Wildman–Crippen LogP) is 4.44. The Hall–Kier alpha value is -3.52. The molecule has 0 saturated heterocycles. The molecule has 32 heavy (non-hydrogen) atoms. The zero-order chi connectivity index (χ0) is 22.5. The van der Waals surface area contributed by atoms with E-state index in [1.165, 1.54) is 22.2 Å². The molecular weight excluding hydrogens is 404 g/mol. The third kappa shape index (κ3) is 4.70. The van der Waals surface area contributed by atoms with Crippen LogP contribution in [0.3, 0.4) is 0 Å². The molecule has 8 heteroatoms. The molecule has 1 atom stereocenters. The highest BCUT2D eigenvalue weighted by atomic mass is 16.5. The number of hydrogen-bond acceptors (Lipinski definition) is 6. The van der Waals surface area contributed by atoms with E-state index < -0.39 is 5.91 Å². The summed E-state index contributed by atoms with van der Waals surface area (Å²) >= 11 is 0. The normalized spacial score (nSPS) is 15.8. The number of amides is 1. The van der Waals surface area contributed by atoms with E-state index in [4.69, 9.17) is 5.21 Å². The highest BCUT2D eigenvalue weighted by molar-refractivity contribution is 5.81. The number of carbonyl (C=O) groups excluding carboxylic acids is 1. The van der Waals surface area contributed by atoms with E-state index in [0.717, 1.165) is 18.7 Å². The van der Waals surface area contributed by atoms with Crippen LogP contribution in [0.2, 0.25) is 0 Å². The summed E-state index contributed by atoms with van der Waals surface area (Å²) in [5.41, 5.74) is 5.95. The number of nitrogens with zero attached hydrogens (tertiary/aromatic N) is 5. The smallest absolute Gasteiger partial charge is 0.247 e. The first-order valence-electron chi connectivity index (χ1n) is 10.8. The molecule has 1 aliphatic heterocycles. The number of carbonyl (C=O) groups is 1. The number of hydroxylamine groups is 1. The minimum atomic E-state index is -0.470. The first-order valence-corrected chi connectivity index (χ1v) is 10.8. The van der Waals surface area contributed by atoms with Gasteiger partial charge in [0.05, 0.1) is 18.3 Å². The third-order valence-corrected chi connectivity index (χ3v) is 5.70. The summed E-state index contributed by atoms with van der Waals surface area (Å²) in [5, 5.41) is 20.6. The molecule has 0 radical (unpaired) electrons. The summed E-state index contributed by atoms with van der Waals surface area (Å²) in [4.78, 5) is 15.6. The van der Waals surface area contributed by atoms with Gasteiger partial charge in [-0.15, -0.1) is 5.11 Å². The van der Waals surface area contributed by atoms with Gasteiger partial charge >= 0.3 is 0 Å². The van der Waals surface area contributed by atoms with E-state index in [-0.39, 0.29) is 18.4 Å². The van der Waals surface area contributed by atoms with E-state index in [1.54, 1.807) is 17.8 Å². The molecule has 1 aromatic carbocycles. The maximum atomic E-state index is 11.3. The Morgan fingerprint density at radius 1 is 1.25 bits per heavy atom. The Labute approximate surface area is 187 Å². The van der Waals surface area contributed by atoms with Crippen molar-refractivity contribution in [3.8, 4) is 0 Å². The lowest BCUT2D eigenvalue weighted by Crippen LogP contribution is -2.28. The summed E-state index contributed by atoms with van der Waals surface area (Å²) in [6.07, 6.45) is 6.36. The Kier molecular flexibility index (Phi) is 6.61. The molecule has 0 fully saturated rings. The molecule has 1 aliphatic rings. The summed E-state index contributed by atoms with van der Waals surface area (Å²) in [7, 11) is 0. The number of rotatable bonds is 8. The number of pyridine rings is 1. The van der Waals surface area contributed by atoms with Crippen LogP contribution < -0.4 is 5.48 Å². The molecule has 1 unspecified atom stereocenters. The molecule has 2 aromatic heterocycles. The number of aryl methyl sites for hydroxylation is 2. The SMILES string of the molecule is CC(C)C(c1cc2ccccc2n1CCc1cccnc1)N1C/C(=C/CC(=O)NO)N=N1. The van der Waals surface area contributed by atoms with E-state index >= 15 is 0 Å². The Balaban J connectivity index is 1.64. The van der Waals surface area contributed by atoms with Crippen LogP contribution in [0, 0.1) is 5.92 Å². The van der Waals surface area contributed by atoms with Gasteiger partial charge in [-0.3, -0.25) is 20.0 Å². The Bertz CT molecular complexity index is 1140. The number of para-hydroxylation sites is 1. The van der Waals surface area contributed by atoms with Gasteiger partial charge in [0.15, 0.2) is 0 Å². The van der Waals surface area contributed by atoms with Crippen LogP contribution in [0.1, 0.15) is 37.6 Å². The number of aromatic nitrogens is 2. The summed E-state index contributed by atoms with van der Waals surface area (Å²) in [5.74, 6) is -0.183. The molecule has 3 heterocycles. The van der Waals surface area contributed by atoms with Gasteiger partial charge in [-0.1, -0.05) is 43.3 Å². The molecule has 8 nitrogen and oxygen atoms in total. The molecule has 0 aliphatic carbocycles. The van der Waals surface area contributed by atoms with Crippen molar-refractivity contribution < 1.29 is 10.0 Å². The number of nitrogens with one attached hydrogen (secondary N) is 1. The number of hydrogen-bond donors (Lipinski definition) is 2. The molecule has 0 bridgehead atoms. The van der Waals surface area contributed by atoms with Gasteiger partial charge < -0.3 is 4.57 Å². The average Bonchev–Trinajstić information content (AvgIpc) is 3.41. The Morgan fingerprint density at radius 2 is 2.09 bits per heavy atom. The van der Waals surface area contributed by atoms with Crippen LogP contribution in [-0.2, 0) is 17.8 Å². The van der Waals surface area contributed by atoms with Crippen molar-refractivity contribution in [2.75, 3.05) is 6.54 Å². The first kappa shape index (κ1) is 21.7. The minimum absolute atomic E-state index is 0.0256. The topological polar surface area (TPSA) is 95.1 Å². The monoisotopic (exact) mass is 432 g/mol. The fourth-order valence-corrected chi connectivity index (χ4v) is 4.21. The summed E-state index contributed by atoms with van der Waals surface area (Å²) in [6, 6.07) is 14.8. The van der Waals surface area contributed by atoms with Gasteiger partial charge in [0.25, 0.3) is 0 Å². The van der Waals surface area contributed by atoms with Gasteiger partial charge in [0, 0.05) is 36.6 Å². The van der Waals surface area contributed by atoms with Crippen LogP contribution >= 0.6 is 0 Å². The van der Waals surface area contributed by atoms with E-state index in [1.807, 2.05) is 17.3 Å². The average molecular weight is 433 g/mol. The number of fused-ring (bicyclic) bond motifs is 1. The number of benzene rings is 1. The second kappa shape index (κ2) is 9.74. The lowest BCUT2D eigenvalue weighted by Gasteiger charge is -2.29. The van der Waals surface area contributed by atoms with Gasteiger partial charge in [0.2, 0.25) is 5.91 Å². The lowest BCUT2D eigenvalue weighted by atomic mass is 9.99. The minimum Gasteiger partial charge on any atom is -0.342 e. The summed E-state index contributed by atoms with van der Waals surface area (Å²) in [6.45, 7) is 5.72. The van der Waals surface area contributed by atoms with Crippen LogP contribution in [0.4, 0.5) is 0 Å². The van der Waals surface area contributed by atoms with Crippen molar-refractivity contribution >= 4 is 16.8 Å².